The monoisotopic (exact) mass is 323 g/mol. The van der Waals surface area contributed by atoms with E-state index in [0.29, 0.717) is 24.0 Å². The molecule has 0 aliphatic carbocycles. The summed E-state index contributed by atoms with van der Waals surface area (Å²) in [7, 11) is 1.73. The molecule has 23 heavy (non-hydrogen) atoms. The van der Waals surface area contributed by atoms with Gasteiger partial charge in [0.25, 0.3) is 0 Å². The van der Waals surface area contributed by atoms with E-state index in [1.54, 1.807) is 26.1 Å². The molecular weight excluding hydrogens is 293 g/mol. The van der Waals surface area contributed by atoms with Crippen molar-refractivity contribution in [2.75, 3.05) is 20.2 Å². The summed E-state index contributed by atoms with van der Waals surface area (Å²) >= 11 is 0. The van der Waals surface area contributed by atoms with Crippen molar-refractivity contribution >= 4 is 5.96 Å². The van der Waals surface area contributed by atoms with Gasteiger partial charge in [-0.15, -0.1) is 0 Å². The highest BCUT2D eigenvalue weighted by Gasteiger charge is 2.12. The van der Waals surface area contributed by atoms with Crippen LogP contribution >= 0.6 is 0 Å². The lowest BCUT2D eigenvalue weighted by Gasteiger charge is -2.21. The van der Waals surface area contributed by atoms with Gasteiger partial charge in [-0.25, -0.2) is 4.39 Å². The lowest BCUT2D eigenvalue weighted by molar-refractivity contribution is 0.0258. The molecule has 0 aliphatic rings. The highest BCUT2D eigenvalue weighted by atomic mass is 19.1. The number of hydrogen-bond acceptors (Lipinski definition) is 2. The maximum absolute atomic E-state index is 13.5. The van der Waals surface area contributed by atoms with E-state index in [2.05, 4.69) is 29.5 Å². The molecule has 0 fully saturated rings. The van der Waals surface area contributed by atoms with Crippen molar-refractivity contribution in [1.82, 2.24) is 10.6 Å². The summed E-state index contributed by atoms with van der Waals surface area (Å²) in [4.78, 5) is 4.19. The summed E-state index contributed by atoms with van der Waals surface area (Å²) in [5, 5.41) is 6.47. The van der Waals surface area contributed by atoms with Crippen LogP contribution in [0.5, 0.6) is 0 Å². The number of aliphatic imine (C=N–C) groups is 1. The predicted molar refractivity (Wildman–Crippen MR) is 94.2 cm³/mol. The number of hydrogen-bond donors (Lipinski definition) is 2. The van der Waals surface area contributed by atoms with E-state index in [4.69, 9.17) is 4.74 Å². The summed E-state index contributed by atoms with van der Waals surface area (Å²) in [6, 6.07) is 5.26. The summed E-state index contributed by atoms with van der Waals surface area (Å²) in [6.45, 7) is 10.2. The van der Waals surface area contributed by atoms with Crippen LogP contribution in [0.4, 0.5) is 4.39 Å². The zero-order valence-electron chi connectivity index (χ0n) is 14.9. The fraction of sp³-hybridized carbons (Fsp3) is 0.611. The minimum Gasteiger partial charge on any atom is -0.378 e. The second-order valence-corrected chi connectivity index (χ2v) is 5.96. The van der Waals surface area contributed by atoms with Gasteiger partial charge in [-0.2, -0.15) is 0 Å². The molecule has 1 atom stereocenters. The second-order valence-electron chi connectivity index (χ2n) is 5.96. The first kappa shape index (κ1) is 19.4. The second kappa shape index (κ2) is 10.2. The van der Waals surface area contributed by atoms with Crippen LogP contribution in [0.25, 0.3) is 0 Å². The van der Waals surface area contributed by atoms with Crippen molar-refractivity contribution in [2.24, 2.45) is 10.9 Å². The fourth-order valence-electron chi connectivity index (χ4n) is 2.31. The number of nitrogens with one attached hydrogen (secondary N) is 2. The molecule has 4 nitrogen and oxygen atoms in total. The topological polar surface area (TPSA) is 45.6 Å². The molecule has 130 valence electrons. The number of ether oxygens (including phenoxy) is 1. The number of halogens is 1. The minimum atomic E-state index is -0.177. The SMILES string of the molecule is CCOC(CCNC(=NC)NCc1ccc(C)c(F)c1)C(C)C. The van der Waals surface area contributed by atoms with Gasteiger partial charge in [-0.1, -0.05) is 26.0 Å². The third-order valence-electron chi connectivity index (χ3n) is 3.77. The van der Waals surface area contributed by atoms with Gasteiger partial charge >= 0.3 is 0 Å². The van der Waals surface area contributed by atoms with E-state index >= 15 is 0 Å². The molecule has 5 heteroatoms. The number of rotatable bonds is 8. The Hall–Kier alpha value is -1.62. The van der Waals surface area contributed by atoms with E-state index < -0.39 is 0 Å². The summed E-state index contributed by atoms with van der Waals surface area (Å²) in [6.07, 6.45) is 1.17. The largest absolute Gasteiger partial charge is 0.378 e. The maximum Gasteiger partial charge on any atom is 0.191 e. The molecule has 0 spiro atoms. The Balaban J connectivity index is 2.41. The summed E-state index contributed by atoms with van der Waals surface area (Å²) < 4.78 is 19.3. The molecular formula is C18H30FN3O. The lowest BCUT2D eigenvalue weighted by Crippen LogP contribution is -2.39. The number of benzene rings is 1. The van der Waals surface area contributed by atoms with Crippen molar-refractivity contribution in [3.63, 3.8) is 0 Å². The van der Waals surface area contributed by atoms with Gasteiger partial charge in [-0.3, -0.25) is 4.99 Å². The molecule has 2 N–H and O–H groups in total. The van der Waals surface area contributed by atoms with E-state index in [9.17, 15) is 4.39 Å². The van der Waals surface area contributed by atoms with Gasteiger partial charge in [0.1, 0.15) is 5.82 Å². The number of guanidine groups is 1. The van der Waals surface area contributed by atoms with Gasteiger partial charge < -0.3 is 15.4 Å². The van der Waals surface area contributed by atoms with Crippen LogP contribution in [0.15, 0.2) is 23.2 Å². The van der Waals surface area contributed by atoms with Crippen LogP contribution in [0.1, 0.15) is 38.3 Å². The number of aryl methyl sites for hydroxylation is 1. The van der Waals surface area contributed by atoms with Crippen molar-refractivity contribution in [3.8, 4) is 0 Å². The van der Waals surface area contributed by atoms with Gasteiger partial charge in [0, 0.05) is 26.7 Å². The summed E-state index contributed by atoms with van der Waals surface area (Å²) in [5.74, 6) is 1.02. The molecule has 0 aromatic heterocycles. The van der Waals surface area contributed by atoms with Crippen LogP contribution < -0.4 is 10.6 Å². The standard InChI is InChI=1S/C18H30FN3O/c1-6-23-17(13(2)3)9-10-21-18(20-5)22-12-15-8-7-14(4)16(19)11-15/h7-8,11,13,17H,6,9-10,12H2,1-5H3,(H2,20,21,22). The molecule has 0 heterocycles. The van der Waals surface area contributed by atoms with Crippen molar-refractivity contribution in [3.05, 3.63) is 35.1 Å². The molecule has 1 unspecified atom stereocenters. The Labute approximate surface area is 139 Å². The van der Waals surface area contributed by atoms with Gasteiger partial charge in [0.15, 0.2) is 5.96 Å². The highest BCUT2D eigenvalue weighted by molar-refractivity contribution is 5.79. The van der Waals surface area contributed by atoms with E-state index in [1.165, 1.54) is 0 Å². The Bertz CT molecular complexity index is 503. The van der Waals surface area contributed by atoms with Gasteiger partial charge in [0.2, 0.25) is 0 Å². The molecule has 0 bridgehead atoms. The third-order valence-corrected chi connectivity index (χ3v) is 3.77. The predicted octanol–water partition coefficient (Wildman–Crippen LogP) is 3.25. The maximum atomic E-state index is 13.5. The first-order valence-electron chi connectivity index (χ1n) is 8.29. The molecule has 0 saturated heterocycles. The van der Waals surface area contributed by atoms with Gasteiger partial charge in [-0.05, 0) is 43.4 Å². The van der Waals surface area contributed by atoms with E-state index in [0.717, 1.165) is 25.1 Å². The Kier molecular flexibility index (Phi) is 8.62. The van der Waals surface area contributed by atoms with Crippen molar-refractivity contribution < 1.29 is 9.13 Å². The van der Waals surface area contributed by atoms with Crippen LogP contribution in [-0.2, 0) is 11.3 Å². The Morgan fingerprint density at radius 3 is 2.61 bits per heavy atom. The van der Waals surface area contributed by atoms with E-state index in [-0.39, 0.29) is 11.9 Å². The zero-order chi connectivity index (χ0) is 17.2. The first-order valence-corrected chi connectivity index (χ1v) is 8.29. The van der Waals surface area contributed by atoms with Crippen LogP contribution in [-0.4, -0.2) is 32.3 Å². The average molecular weight is 323 g/mol. The average Bonchev–Trinajstić information content (AvgIpc) is 2.52. The third kappa shape index (κ3) is 6.99. The molecule has 0 amide bonds. The van der Waals surface area contributed by atoms with E-state index in [1.807, 2.05) is 13.0 Å². The van der Waals surface area contributed by atoms with Crippen molar-refractivity contribution in [1.29, 1.82) is 0 Å². The Morgan fingerprint density at radius 1 is 1.30 bits per heavy atom. The van der Waals surface area contributed by atoms with Gasteiger partial charge in [0.05, 0.1) is 6.10 Å². The minimum absolute atomic E-state index is 0.177. The van der Waals surface area contributed by atoms with Crippen LogP contribution in [0.2, 0.25) is 0 Å². The van der Waals surface area contributed by atoms with Crippen LogP contribution in [0, 0.1) is 18.7 Å². The molecule has 0 saturated carbocycles. The molecule has 1 rings (SSSR count). The molecule has 0 radical (unpaired) electrons. The molecule has 0 aliphatic heterocycles. The summed E-state index contributed by atoms with van der Waals surface area (Å²) in [5.41, 5.74) is 1.55. The normalized spacial score (nSPS) is 13.3. The van der Waals surface area contributed by atoms with Crippen molar-refractivity contribution in [2.45, 2.75) is 46.8 Å². The molecule has 1 aromatic carbocycles. The Morgan fingerprint density at radius 2 is 2.04 bits per heavy atom. The first-order chi connectivity index (χ1) is 11.0. The quantitative estimate of drug-likeness (QED) is 0.570. The zero-order valence-corrected chi connectivity index (χ0v) is 14.9. The lowest BCUT2D eigenvalue weighted by atomic mass is 10.0. The van der Waals surface area contributed by atoms with Crippen LogP contribution in [0.3, 0.4) is 0 Å². The molecule has 1 aromatic rings. The fourth-order valence-corrected chi connectivity index (χ4v) is 2.31. The smallest absolute Gasteiger partial charge is 0.191 e. The highest BCUT2D eigenvalue weighted by Crippen LogP contribution is 2.10. The number of nitrogens with zero attached hydrogens (tertiary/aromatic N) is 1.